The largest absolute Gasteiger partial charge is 0.504 e. The first-order valence-electron chi connectivity index (χ1n) is 8.34. The molecule has 2 aromatic rings. The zero-order valence-electron chi connectivity index (χ0n) is 15.1. The highest BCUT2D eigenvalue weighted by Crippen LogP contribution is 2.38. The predicted molar refractivity (Wildman–Crippen MR) is 92.8 cm³/mol. The summed E-state index contributed by atoms with van der Waals surface area (Å²) in [4.78, 5) is 12.7. The van der Waals surface area contributed by atoms with Gasteiger partial charge in [-0.3, -0.25) is 0 Å². The second-order valence-electron chi connectivity index (χ2n) is 6.13. The Morgan fingerprint density at radius 2 is 2.19 bits per heavy atom. The number of benzene rings is 1. The van der Waals surface area contributed by atoms with E-state index in [0.29, 0.717) is 35.1 Å². The van der Waals surface area contributed by atoms with Crippen LogP contribution >= 0.6 is 0 Å². The minimum atomic E-state index is -0.604. The van der Waals surface area contributed by atoms with Crippen molar-refractivity contribution in [3.8, 4) is 11.5 Å². The summed E-state index contributed by atoms with van der Waals surface area (Å²) in [5.74, 6) is 0.308. The summed E-state index contributed by atoms with van der Waals surface area (Å²) >= 11 is 0. The molecule has 0 spiro atoms. The Kier molecular flexibility index (Phi) is 4.79. The van der Waals surface area contributed by atoms with Crippen molar-refractivity contribution in [3.63, 3.8) is 0 Å². The lowest BCUT2D eigenvalue weighted by Crippen LogP contribution is -2.30. The molecule has 0 saturated carbocycles. The lowest BCUT2D eigenvalue weighted by atomic mass is 9.95. The number of phenols is 1. The number of carbonyl (C=O) groups is 1. The van der Waals surface area contributed by atoms with Crippen molar-refractivity contribution in [2.24, 2.45) is 0 Å². The van der Waals surface area contributed by atoms with E-state index >= 15 is 0 Å². The van der Waals surface area contributed by atoms with Crippen LogP contribution in [0.3, 0.4) is 0 Å². The fourth-order valence-corrected chi connectivity index (χ4v) is 2.83. The van der Waals surface area contributed by atoms with Gasteiger partial charge in [0.05, 0.1) is 18.3 Å². The molecule has 1 aromatic carbocycles. The van der Waals surface area contributed by atoms with Gasteiger partial charge in [-0.25, -0.2) is 4.79 Å². The fourth-order valence-electron chi connectivity index (χ4n) is 2.83. The second kappa shape index (κ2) is 7.03. The Morgan fingerprint density at radius 1 is 1.42 bits per heavy atom. The molecule has 0 bridgehead atoms. The molecule has 9 nitrogen and oxygen atoms in total. The summed E-state index contributed by atoms with van der Waals surface area (Å²) < 4.78 is 12.4. The molecule has 0 fully saturated rings. The first kappa shape index (κ1) is 17.7. The van der Waals surface area contributed by atoms with Crippen LogP contribution in [0.15, 0.2) is 29.5 Å². The zero-order chi connectivity index (χ0) is 18.8. The van der Waals surface area contributed by atoms with E-state index in [1.165, 1.54) is 10.7 Å². The van der Waals surface area contributed by atoms with Crippen LogP contribution in [0.5, 0.6) is 11.5 Å². The van der Waals surface area contributed by atoms with E-state index in [0.717, 1.165) is 0 Å². The van der Waals surface area contributed by atoms with Crippen molar-refractivity contribution in [3.05, 3.63) is 35.0 Å². The van der Waals surface area contributed by atoms with E-state index in [1.807, 2.05) is 6.92 Å². The third kappa shape index (κ3) is 3.19. The van der Waals surface area contributed by atoms with Crippen molar-refractivity contribution < 1.29 is 19.4 Å². The molecular weight excluding hydrogens is 338 g/mol. The van der Waals surface area contributed by atoms with E-state index in [9.17, 15) is 9.90 Å². The first-order valence-corrected chi connectivity index (χ1v) is 8.34. The van der Waals surface area contributed by atoms with Gasteiger partial charge in [-0.15, -0.1) is 0 Å². The maximum atomic E-state index is 12.7. The third-order valence-corrected chi connectivity index (χ3v) is 3.88. The van der Waals surface area contributed by atoms with Crippen molar-refractivity contribution in [2.75, 3.05) is 11.9 Å². The summed E-state index contributed by atoms with van der Waals surface area (Å²) in [6.45, 7) is 7.57. The number of hydrogen-bond donors (Lipinski definition) is 2. The van der Waals surface area contributed by atoms with Crippen LogP contribution in [0.1, 0.15) is 39.3 Å². The third-order valence-electron chi connectivity index (χ3n) is 3.88. The van der Waals surface area contributed by atoms with Crippen molar-refractivity contribution in [1.29, 1.82) is 0 Å². The number of ether oxygens (including phenoxy) is 2. The summed E-state index contributed by atoms with van der Waals surface area (Å²) in [5.41, 5.74) is 1.69. The number of tetrazole rings is 1. The number of rotatable bonds is 5. The second-order valence-corrected chi connectivity index (χ2v) is 6.13. The Labute approximate surface area is 150 Å². The number of anilines is 1. The maximum Gasteiger partial charge on any atom is 0.338 e. The molecule has 2 heterocycles. The molecular formula is C17H21N5O4. The summed E-state index contributed by atoms with van der Waals surface area (Å²) in [6.07, 6.45) is -0.266. The molecule has 1 aromatic heterocycles. The minimum Gasteiger partial charge on any atom is -0.504 e. The molecule has 0 radical (unpaired) electrons. The lowest BCUT2D eigenvalue weighted by Gasteiger charge is -2.28. The highest BCUT2D eigenvalue weighted by molar-refractivity contribution is 5.92. The van der Waals surface area contributed by atoms with Crippen molar-refractivity contribution >= 4 is 11.9 Å². The Balaban J connectivity index is 2.12. The fraction of sp³-hybridized carbons (Fsp3) is 0.412. The van der Waals surface area contributed by atoms with Gasteiger partial charge in [0.15, 0.2) is 11.5 Å². The van der Waals surface area contributed by atoms with Gasteiger partial charge in [-0.2, -0.15) is 4.68 Å². The van der Waals surface area contributed by atoms with Gasteiger partial charge < -0.3 is 19.9 Å². The van der Waals surface area contributed by atoms with Crippen LogP contribution in [0.4, 0.5) is 5.95 Å². The van der Waals surface area contributed by atoms with Crippen LogP contribution in [0.2, 0.25) is 0 Å². The number of esters is 1. The van der Waals surface area contributed by atoms with E-state index < -0.39 is 12.0 Å². The highest BCUT2D eigenvalue weighted by Gasteiger charge is 2.35. The molecule has 0 saturated heterocycles. The van der Waals surface area contributed by atoms with E-state index in [4.69, 9.17) is 9.47 Å². The minimum absolute atomic E-state index is 0.0217. The molecule has 138 valence electrons. The number of aromatic hydroxyl groups is 1. The van der Waals surface area contributed by atoms with Crippen LogP contribution in [0.25, 0.3) is 0 Å². The maximum absolute atomic E-state index is 12.7. The van der Waals surface area contributed by atoms with Gasteiger partial charge in [0.2, 0.25) is 5.95 Å². The van der Waals surface area contributed by atoms with Gasteiger partial charge in [0.1, 0.15) is 6.04 Å². The normalized spacial score (nSPS) is 16.3. The number of allylic oxidation sites excluding steroid dienone is 1. The van der Waals surface area contributed by atoms with E-state index in [1.54, 1.807) is 32.9 Å². The van der Waals surface area contributed by atoms with Gasteiger partial charge in [0.25, 0.3) is 0 Å². The predicted octanol–water partition coefficient (Wildman–Crippen LogP) is 2.02. The molecule has 1 atom stereocenters. The monoisotopic (exact) mass is 359 g/mol. The van der Waals surface area contributed by atoms with Crippen LogP contribution < -0.4 is 10.1 Å². The number of phenolic OH excluding ortho intramolecular Hbond substituents is 1. The molecule has 1 aliphatic heterocycles. The molecule has 1 aliphatic rings. The number of hydrogen-bond acceptors (Lipinski definition) is 8. The van der Waals surface area contributed by atoms with Crippen LogP contribution in [-0.4, -0.2) is 44.0 Å². The van der Waals surface area contributed by atoms with Crippen LogP contribution in [0, 0.1) is 0 Å². The molecule has 0 unspecified atom stereocenters. The zero-order valence-corrected chi connectivity index (χ0v) is 15.1. The molecule has 9 heteroatoms. The molecule has 0 aliphatic carbocycles. The van der Waals surface area contributed by atoms with Gasteiger partial charge in [-0.05, 0) is 55.8 Å². The lowest BCUT2D eigenvalue weighted by molar-refractivity contribution is -0.143. The molecule has 26 heavy (non-hydrogen) atoms. The molecule has 3 rings (SSSR count). The highest BCUT2D eigenvalue weighted by atomic mass is 16.5. The molecule has 2 N–H and O–H groups in total. The van der Waals surface area contributed by atoms with Gasteiger partial charge in [-0.1, -0.05) is 11.2 Å². The molecule has 0 amide bonds. The first-order chi connectivity index (χ1) is 12.4. The van der Waals surface area contributed by atoms with Crippen molar-refractivity contribution in [1.82, 2.24) is 20.2 Å². The smallest absolute Gasteiger partial charge is 0.338 e. The Hall–Kier alpha value is -3.10. The van der Waals surface area contributed by atoms with E-state index in [2.05, 4.69) is 20.8 Å². The Morgan fingerprint density at radius 3 is 2.88 bits per heavy atom. The number of nitrogens with one attached hydrogen (secondary N) is 1. The summed E-state index contributed by atoms with van der Waals surface area (Å²) in [5, 5.41) is 24.6. The summed E-state index contributed by atoms with van der Waals surface area (Å²) in [7, 11) is 0. The standard InChI is InChI=1S/C17H21N5O4/c1-5-25-13-8-11(6-7-12(13)23)15-14(16(24)26-9(2)3)10(4)18-17-19-20-21-22(15)17/h6-9,15,23H,5H2,1-4H3,(H,18,19,21)/t15-/m0/s1. The number of nitrogens with zero attached hydrogens (tertiary/aromatic N) is 4. The van der Waals surface area contributed by atoms with Gasteiger partial charge >= 0.3 is 5.97 Å². The number of aromatic nitrogens is 4. The average molecular weight is 359 g/mol. The average Bonchev–Trinajstić information content (AvgIpc) is 3.03. The SMILES string of the molecule is CCOc1cc([C@H]2C(C(=O)OC(C)C)=C(C)Nc3nnnn32)ccc1O. The quantitative estimate of drug-likeness (QED) is 0.780. The van der Waals surface area contributed by atoms with Crippen LogP contribution in [-0.2, 0) is 9.53 Å². The van der Waals surface area contributed by atoms with Gasteiger partial charge in [0, 0.05) is 5.70 Å². The number of fused-ring (bicyclic) bond motifs is 1. The Bertz CT molecular complexity index is 859. The van der Waals surface area contributed by atoms with Crippen molar-refractivity contribution in [2.45, 2.75) is 39.8 Å². The van der Waals surface area contributed by atoms with E-state index in [-0.39, 0.29) is 11.9 Å². The summed E-state index contributed by atoms with van der Waals surface area (Å²) in [6, 6.07) is 4.30. The number of carbonyl (C=O) groups excluding carboxylic acids is 1. The topological polar surface area (TPSA) is 111 Å².